The van der Waals surface area contributed by atoms with Crippen LogP contribution in [0.5, 0.6) is 0 Å². The van der Waals surface area contributed by atoms with E-state index >= 15 is 0 Å². The van der Waals surface area contributed by atoms with Gasteiger partial charge < -0.3 is 10.1 Å². The number of methoxy groups -OCH3 is 1. The van der Waals surface area contributed by atoms with Crippen molar-refractivity contribution in [1.82, 2.24) is 0 Å². The van der Waals surface area contributed by atoms with Gasteiger partial charge >= 0.3 is 5.97 Å². The molecule has 1 amide bonds. The van der Waals surface area contributed by atoms with Crippen molar-refractivity contribution >= 4 is 29.2 Å². The fraction of sp³-hybridized carbons (Fsp3) is 0.0667. The van der Waals surface area contributed by atoms with E-state index in [0.29, 0.717) is 0 Å². The third kappa shape index (κ3) is 3.38. The Kier molecular flexibility index (Phi) is 4.55. The van der Waals surface area contributed by atoms with Gasteiger partial charge in [-0.3, -0.25) is 4.79 Å². The third-order valence-electron chi connectivity index (χ3n) is 2.76. The van der Waals surface area contributed by atoms with Crippen molar-refractivity contribution in [2.75, 3.05) is 12.4 Å². The summed E-state index contributed by atoms with van der Waals surface area (Å²) in [7, 11) is 1.24. The van der Waals surface area contributed by atoms with E-state index in [1.807, 2.05) is 0 Å². The summed E-state index contributed by atoms with van der Waals surface area (Å²) in [6, 6.07) is 10.0. The fourth-order valence-corrected chi connectivity index (χ4v) is 1.90. The van der Waals surface area contributed by atoms with Gasteiger partial charge in [-0.1, -0.05) is 23.7 Å². The molecule has 0 atom stereocenters. The highest BCUT2D eigenvalue weighted by Crippen LogP contribution is 2.19. The van der Waals surface area contributed by atoms with E-state index in [1.165, 1.54) is 31.4 Å². The molecule has 2 rings (SSSR count). The van der Waals surface area contributed by atoms with Crippen molar-refractivity contribution in [3.8, 4) is 0 Å². The summed E-state index contributed by atoms with van der Waals surface area (Å²) in [4.78, 5) is 23.7. The molecule has 0 unspecified atom stereocenters. The zero-order valence-electron chi connectivity index (χ0n) is 11.0. The molecule has 0 aliphatic rings. The van der Waals surface area contributed by atoms with E-state index in [9.17, 15) is 14.0 Å². The van der Waals surface area contributed by atoms with Crippen molar-refractivity contribution in [3.63, 3.8) is 0 Å². The predicted octanol–water partition coefficient (Wildman–Crippen LogP) is 3.52. The summed E-state index contributed by atoms with van der Waals surface area (Å²) in [5.41, 5.74) is 0.255. The molecular weight excluding hydrogens is 297 g/mol. The van der Waals surface area contributed by atoms with E-state index in [-0.39, 0.29) is 21.8 Å². The SMILES string of the molecule is COC(=O)c1ccccc1NC(=O)c1ccc(Cl)cc1F. The Labute approximate surface area is 125 Å². The topological polar surface area (TPSA) is 55.4 Å². The van der Waals surface area contributed by atoms with Crippen LogP contribution in [0, 0.1) is 5.82 Å². The maximum Gasteiger partial charge on any atom is 0.339 e. The summed E-state index contributed by atoms with van der Waals surface area (Å²) < 4.78 is 18.3. The van der Waals surface area contributed by atoms with Gasteiger partial charge in [0.05, 0.1) is 23.9 Å². The van der Waals surface area contributed by atoms with Gasteiger partial charge in [0.25, 0.3) is 5.91 Å². The second-order valence-corrected chi connectivity index (χ2v) is 4.55. The normalized spacial score (nSPS) is 10.0. The number of rotatable bonds is 3. The number of para-hydroxylation sites is 1. The molecule has 2 aromatic rings. The highest BCUT2D eigenvalue weighted by Gasteiger charge is 2.16. The minimum absolute atomic E-state index is 0.168. The number of amides is 1. The maximum absolute atomic E-state index is 13.7. The molecule has 0 aromatic heterocycles. The molecule has 0 radical (unpaired) electrons. The minimum Gasteiger partial charge on any atom is -0.465 e. The Morgan fingerprint density at radius 1 is 1.14 bits per heavy atom. The van der Waals surface area contributed by atoms with Crippen molar-refractivity contribution in [3.05, 3.63) is 64.4 Å². The number of hydrogen-bond acceptors (Lipinski definition) is 3. The molecule has 21 heavy (non-hydrogen) atoms. The van der Waals surface area contributed by atoms with E-state index in [2.05, 4.69) is 10.1 Å². The Balaban J connectivity index is 2.30. The first-order chi connectivity index (χ1) is 10.0. The van der Waals surface area contributed by atoms with Gasteiger partial charge in [-0.15, -0.1) is 0 Å². The molecule has 0 saturated carbocycles. The average Bonchev–Trinajstić information content (AvgIpc) is 2.46. The largest absolute Gasteiger partial charge is 0.465 e. The Morgan fingerprint density at radius 3 is 2.52 bits per heavy atom. The van der Waals surface area contributed by atoms with Crippen LogP contribution in [-0.2, 0) is 4.74 Å². The zero-order chi connectivity index (χ0) is 15.4. The Bertz CT molecular complexity index is 703. The predicted molar refractivity (Wildman–Crippen MR) is 77.1 cm³/mol. The summed E-state index contributed by atoms with van der Waals surface area (Å²) in [5.74, 6) is -2.02. The van der Waals surface area contributed by atoms with Crippen LogP contribution in [0.25, 0.3) is 0 Å². The highest BCUT2D eigenvalue weighted by molar-refractivity contribution is 6.30. The summed E-state index contributed by atoms with van der Waals surface area (Å²) in [6.45, 7) is 0. The average molecular weight is 308 g/mol. The molecule has 0 bridgehead atoms. The molecule has 0 saturated heterocycles. The first-order valence-corrected chi connectivity index (χ1v) is 6.34. The first kappa shape index (κ1) is 15.0. The number of carbonyl (C=O) groups excluding carboxylic acids is 2. The Hall–Kier alpha value is -2.40. The molecule has 0 aliphatic heterocycles. The fourth-order valence-electron chi connectivity index (χ4n) is 1.74. The number of halogens is 2. The van der Waals surface area contributed by atoms with Crippen LogP contribution in [0.1, 0.15) is 20.7 Å². The lowest BCUT2D eigenvalue weighted by Gasteiger charge is -2.10. The van der Waals surface area contributed by atoms with Crippen LogP contribution in [-0.4, -0.2) is 19.0 Å². The quantitative estimate of drug-likeness (QED) is 0.883. The van der Waals surface area contributed by atoms with Crippen molar-refractivity contribution in [2.24, 2.45) is 0 Å². The second kappa shape index (κ2) is 6.37. The number of anilines is 1. The summed E-state index contributed by atoms with van der Waals surface area (Å²) >= 11 is 5.63. The third-order valence-corrected chi connectivity index (χ3v) is 2.99. The minimum atomic E-state index is -0.740. The number of benzene rings is 2. The van der Waals surface area contributed by atoms with Gasteiger partial charge in [0.2, 0.25) is 0 Å². The molecule has 0 fully saturated rings. The molecule has 6 heteroatoms. The lowest BCUT2D eigenvalue weighted by Crippen LogP contribution is -2.16. The molecular formula is C15H11ClFNO3. The smallest absolute Gasteiger partial charge is 0.339 e. The first-order valence-electron chi connectivity index (χ1n) is 5.96. The van der Waals surface area contributed by atoms with Crippen LogP contribution in [0.2, 0.25) is 5.02 Å². The molecule has 0 aliphatic carbocycles. The van der Waals surface area contributed by atoms with Crippen LogP contribution in [0.3, 0.4) is 0 Å². The van der Waals surface area contributed by atoms with Gasteiger partial charge in [0, 0.05) is 5.02 Å². The van der Waals surface area contributed by atoms with E-state index < -0.39 is 17.7 Å². The van der Waals surface area contributed by atoms with E-state index in [1.54, 1.807) is 12.1 Å². The zero-order valence-corrected chi connectivity index (χ0v) is 11.8. The van der Waals surface area contributed by atoms with Gasteiger partial charge in [-0.05, 0) is 30.3 Å². The molecule has 4 nitrogen and oxygen atoms in total. The monoisotopic (exact) mass is 307 g/mol. The van der Waals surface area contributed by atoms with Crippen molar-refractivity contribution in [2.45, 2.75) is 0 Å². The van der Waals surface area contributed by atoms with Crippen LogP contribution < -0.4 is 5.32 Å². The highest BCUT2D eigenvalue weighted by atomic mass is 35.5. The van der Waals surface area contributed by atoms with Gasteiger partial charge in [0.1, 0.15) is 5.82 Å². The van der Waals surface area contributed by atoms with Crippen LogP contribution in [0.4, 0.5) is 10.1 Å². The molecule has 1 N–H and O–H groups in total. The van der Waals surface area contributed by atoms with E-state index in [4.69, 9.17) is 11.6 Å². The standard InChI is InChI=1S/C15H11ClFNO3/c1-21-15(20)11-4-2-3-5-13(11)18-14(19)10-7-6-9(16)8-12(10)17/h2-8H,1H3,(H,18,19). The second-order valence-electron chi connectivity index (χ2n) is 4.12. The lowest BCUT2D eigenvalue weighted by atomic mass is 10.1. The number of carbonyl (C=O) groups is 2. The number of ether oxygens (including phenoxy) is 1. The lowest BCUT2D eigenvalue weighted by molar-refractivity contribution is 0.0602. The van der Waals surface area contributed by atoms with Crippen LogP contribution >= 0.6 is 11.6 Å². The van der Waals surface area contributed by atoms with Gasteiger partial charge in [0.15, 0.2) is 0 Å². The van der Waals surface area contributed by atoms with Gasteiger partial charge in [-0.25, -0.2) is 9.18 Å². The maximum atomic E-state index is 13.7. The Morgan fingerprint density at radius 2 is 1.86 bits per heavy atom. The van der Waals surface area contributed by atoms with E-state index in [0.717, 1.165) is 6.07 Å². The molecule has 108 valence electrons. The summed E-state index contributed by atoms with van der Waals surface area (Å²) in [5, 5.41) is 2.67. The number of hydrogen-bond donors (Lipinski definition) is 1. The molecule has 2 aromatic carbocycles. The number of esters is 1. The van der Waals surface area contributed by atoms with Crippen LogP contribution in [0.15, 0.2) is 42.5 Å². The molecule has 0 spiro atoms. The summed E-state index contributed by atoms with van der Waals surface area (Å²) in [6.07, 6.45) is 0. The van der Waals surface area contributed by atoms with Gasteiger partial charge in [-0.2, -0.15) is 0 Å². The van der Waals surface area contributed by atoms with Crippen molar-refractivity contribution < 1.29 is 18.7 Å². The number of nitrogens with one attached hydrogen (secondary N) is 1. The van der Waals surface area contributed by atoms with Crippen molar-refractivity contribution in [1.29, 1.82) is 0 Å². The molecule has 0 heterocycles.